The van der Waals surface area contributed by atoms with Gasteiger partial charge in [0.25, 0.3) is 0 Å². The second kappa shape index (κ2) is 6.28. The van der Waals surface area contributed by atoms with Crippen LogP contribution in [0.2, 0.25) is 0 Å². The first-order valence-electron chi connectivity index (χ1n) is 5.64. The van der Waals surface area contributed by atoms with Crippen LogP contribution in [0.15, 0.2) is 40.3 Å². The quantitative estimate of drug-likeness (QED) is 0.908. The smallest absolute Gasteiger partial charge is 0.0701 e. The normalized spacial score (nSPS) is 12.6. The van der Waals surface area contributed by atoms with Crippen LogP contribution >= 0.6 is 27.3 Å². The molecule has 2 nitrogen and oxygen atoms in total. The average molecular weight is 311 g/mol. The second-order valence-electron chi connectivity index (χ2n) is 3.89. The summed E-state index contributed by atoms with van der Waals surface area (Å²) in [5.74, 6) is 0. The van der Waals surface area contributed by atoms with Gasteiger partial charge in [0.2, 0.25) is 0 Å². The summed E-state index contributed by atoms with van der Waals surface area (Å²) < 4.78 is 1.20. The number of nitrogens with one attached hydrogen (secondary N) is 1. The molecular weight excluding hydrogens is 296 g/mol. The number of hydrogen-bond donors (Lipinski definition) is 1. The van der Waals surface area contributed by atoms with Gasteiger partial charge in [-0.05, 0) is 53.5 Å². The van der Waals surface area contributed by atoms with Crippen molar-refractivity contribution < 1.29 is 0 Å². The van der Waals surface area contributed by atoms with Crippen LogP contribution in [0.4, 0.5) is 0 Å². The monoisotopic (exact) mass is 310 g/mol. The van der Waals surface area contributed by atoms with Gasteiger partial charge in [-0.2, -0.15) is 0 Å². The predicted molar refractivity (Wildman–Crippen MR) is 76.4 cm³/mol. The molecule has 1 atom stereocenters. The molecule has 0 radical (unpaired) electrons. The van der Waals surface area contributed by atoms with Crippen LogP contribution in [-0.4, -0.2) is 11.5 Å². The lowest BCUT2D eigenvalue weighted by Gasteiger charge is -2.12. The van der Waals surface area contributed by atoms with E-state index in [9.17, 15) is 0 Å². The Bertz CT molecular complexity index is 455. The van der Waals surface area contributed by atoms with Crippen LogP contribution in [0.3, 0.4) is 0 Å². The summed E-state index contributed by atoms with van der Waals surface area (Å²) in [6.45, 7) is 3.12. The molecule has 0 aromatic carbocycles. The van der Waals surface area contributed by atoms with Gasteiger partial charge in [0.05, 0.1) is 9.48 Å². The molecule has 1 unspecified atom stereocenters. The Balaban J connectivity index is 1.79. The minimum absolute atomic E-state index is 0.305. The highest BCUT2D eigenvalue weighted by molar-refractivity contribution is 9.11. The standard InChI is InChI=1S/C13H15BrN2S/c1-10(12-4-2-3-8-16-12)15-9-7-11-5-6-13(14)17-11/h2-6,8,10,15H,7,9H2,1H3. The third-order valence-corrected chi connectivity index (χ3v) is 4.27. The third kappa shape index (κ3) is 3.91. The van der Waals surface area contributed by atoms with E-state index in [1.54, 1.807) is 11.3 Å². The molecule has 0 fully saturated rings. The predicted octanol–water partition coefficient (Wildman–Crippen LogP) is 3.80. The Kier molecular flexibility index (Phi) is 4.71. The van der Waals surface area contributed by atoms with Crippen LogP contribution in [0.1, 0.15) is 23.5 Å². The first-order valence-corrected chi connectivity index (χ1v) is 7.25. The van der Waals surface area contributed by atoms with Gasteiger partial charge in [0.15, 0.2) is 0 Å². The van der Waals surface area contributed by atoms with Gasteiger partial charge in [0, 0.05) is 23.7 Å². The van der Waals surface area contributed by atoms with Crippen molar-refractivity contribution in [2.75, 3.05) is 6.54 Å². The van der Waals surface area contributed by atoms with E-state index in [0.29, 0.717) is 6.04 Å². The summed E-state index contributed by atoms with van der Waals surface area (Å²) >= 11 is 5.27. The van der Waals surface area contributed by atoms with Crippen LogP contribution in [0, 0.1) is 0 Å². The lowest BCUT2D eigenvalue weighted by Crippen LogP contribution is -2.21. The van der Waals surface area contributed by atoms with E-state index in [1.165, 1.54) is 8.66 Å². The summed E-state index contributed by atoms with van der Waals surface area (Å²) in [5, 5.41) is 3.49. The van der Waals surface area contributed by atoms with Gasteiger partial charge < -0.3 is 5.32 Å². The molecule has 0 aliphatic rings. The molecule has 0 amide bonds. The van der Waals surface area contributed by atoms with Crippen LogP contribution in [0.25, 0.3) is 0 Å². The van der Waals surface area contributed by atoms with E-state index >= 15 is 0 Å². The van der Waals surface area contributed by atoms with Crippen LogP contribution in [-0.2, 0) is 6.42 Å². The maximum Gasteiger partial charge on any atom is 0.0701 e. The number of halogens is 1. The molecule has 2 rings (SSSR count). The van der Waals surface area contributed by atoms with Crippen LogP contribution in [0.5, 0.6) is 0 Å². The van der Waals surface area contributed by atoms with Gasteiger partial charge in [-0.15, -0.1) is 11.3 Å². The zero-order valence-corrected chi connectivity index (χ0v) is 12.1. The fourth-order valence-electron chi connectivity index (χ4n) is 1.63. The van der Waals surface area contributed by atoms with Gasteiger partial charge in [-0.25, -0.2) is 0 Å². The molecule has 0 spiro atoms. The first-order chi connectivity index (χ1) is 8.25. The fourth-order valence-corrected chi connectivity index (χ4v) is 3.12. The number of thiophene rings is 1. The number of nitrogens with zero attached hydrogens (tertiary/aromatic N) is 1. The summed E-state index contributed by atoms with van der Waals surface area (Å²) in [6, 6.07) is 10.6. The summed E-state index contributed by atoms with van der Waals surface area (Å²) in [6.07, 6.45) is 2.90. The number of pyridine rings is 1. The molecular formula is C13H15BrN2S. The molecule has 0 saturated heterocycles. The SMILES string of the molecule is CC(NCCc1ccc(Br)s1)c1ccccn1. The van der Waals surface area contributed by atoms with Crippen LogP contribution < -0.4 is 5.32 Å². The zero-order valence-electron chi connectivity index (χ0n) is 9.69. The maximum absolute atomic E-state index is 4.34. The van der Waals surface area contributed by atoms with Crippen molar-refractivity contribution in [1.82, 2.24) is 10.3 Å². The molecule has 2 aromatic rings. The van der Waals surface area contributed by atoms with E-state index < -0.39 is 0 Å². The van der Waals surface area contributed by atoms with Crippen molar-refractivity contribution in [1.29, 1.82) is 0 Å². The van der Waals surface area contributed by atoms with Gasteiger partial charge >= 0.3 is 0 Å². The minimum Gasteiger partial charge on any atom is -0.308 e. The van der Waals surface area contributed by atoms with Gasteiger partial charge in [-0.3, -0.25) is 4.98 Å². The Hall–Kier alpha value is -0.710. The summed E-state index contributed by atoms with van der Waals surface area (Å²) in [7, 11) is 0. The van der Waals surface area contributed by atoms with Crippen molar-refractivity contribution in [2.24, 2.45) is 0 Å². The molecule has 2 heterocycles. The zero-order chi connectivity index (χ0) is 12.1. The summed E-state index contributed by atoms with van der Waals surface area (Å²) in [4.78, 5) is 5.74. The Labute approximate surface area is 114 Å². The third-order valence-electron chi connectivity index (χ3n) is 2.58. The van der Waals surface area contributed by atoms with E-state index in [-0.39, 0.29) is 0 Å². The molecule has 4 heteroatoms. The van der Waals surface area contributed by atoms with E-state index in [4.69, 9.17) is 0 Å². The van der Waals surface area contributed by atoms with Crippen molar-refractivity contribution >= 4 is 27.3 Å². The van der Waals surface area contributed by atoms with Gasteiger partial charge in [0.1, 0.15) is 0 Å². The van der Waals surface area contributed by atoms with Crippen molar-refractivity contribution in [3.05, 3.63) is 50.9 Å². The van der Waals surface area contributed by atoms with Gasteiger partial charge in [-0.1, -0.05) is 6.07 Å². The topological polar surface area (TPSA) is 24.9 Å². The average Bonchev–Trinajstić information content (AvgIpc) is 2.76. The van der Waals surface area contributed by atoms with E-state index in [2.05, 4.69) is 51.4 Å². The highest BCUT2D eigenvalue weighted by Gasteiger charge is 2.05. The Morgan fingerprint density at radius 1 is 1.35 bits per heavy atom. The molecule has 0 aliphatic carbocycles. The molecule has 2 aromatic heterocycles. The number of rotatable bonds is 5. The molecule has 0 bridgehead atoms. The molecule has 17 heavy (non-hydrogen) atoms. The van der Waals surface area contributed by atoms with Crippen molar-refractivity contribution in [3.8, 4) is 0 Å². The lowest BCUT2D eigenvalue weighted by molar-refractivity contribution is 0.566. The molecule has 0 saturated carbocycles. The Morgan fingerprint density at radius 3 is 2.88 bits per heavy atom. The molecule has 1 N–H and O–H groups in total. The Morgan fingerprint density at radius 2 is 2.24 bits per heavy atom. The highest BCUT2D eigenvalue weighted by atomic mass is 79.9. The minimum atomic E-state index is 0.305. The fraction of sp³-hybridized carbons (Fsp3) is 0.308. The highest BCUT2D eigenvalue weighted by Crippen LogP contribution is 2.22. The largest absolute Gasteiger partial charge is 0.308 e. The molecule has 0 aliphatic heterocycles. The van der Waals surface area contributed by atoms with Crippen molar-refractivity contribution in [2.45, 2.75) is 19.4 Å². The van der Waals surface area contributed by atoms with E-state index in [0.717, 1.165) is 18.7 Å². The first kappa shape index (κ1) is 12.7. The second-order valence-corrected chi connectivity index (χ2v) is 6.43. The lowest BCUT2D eigenvalue weighted by atomic mass is 10.2. The number of aromatic nitrogens is 1. The van der Waals surface area contributed by atoms with Crippen molar-refractivity contribution in [3.63, 3.8) is 0 Å². The maximum atomic E-state index is 4.34. The van der Waals surface area contributed by atoms with E-state index in [1.807, 2.05) is 18.3 Å². The summed E-state index contributed by atoms with van der Waals surface area (Å²) in [5.41, 5.74) is 1.10. The number of hydrogen-bond acceptors (Lipinski definition) is 3. The molecule has 90 valence electrons.